The Bertz CT molecular complexity index is 1150. The minimum absolute atomic E-state index is 0.00845. The lowest BCUT2D eigenvalue weighted by atomic mass is 10.1. The highest BCUT2D eigenvalue weighted by atomic mass is 31.2. The first-order chi connectivity index (χ1) is 17.6. The van der Waals surface area contributed by atoms with Crippen molar-refractivity contribution in [3.05, 3.63) is 33.1 Å². The van der Waals surface area contributed by atoms with Crippen LogP contribution in [0.15, 0.2) is 21.9 Å². The molecule has 0 aliphatic carbocycles. The zero-order chi connectivity index (χ0) is 30.2. The average molecular weight is 609 g/mol. The number of H-pyrrole nitrogens is 1. The predicted octanol–water partition coefficient (Wildman–Crippen LogP) is 4.80. The molecule has 2 heterocycles. The molecule has 226 valence electrons. The van der Waals surface area contributed by atoms with Gasteiger partial charge in [0.25, 0.3) is 5.56 Å². The summed E-state index contributed by atoms with van der Waals surface area (Å²) in [5, 5.41) is 9.80. The van der Waals surface area contributed by atoms with Gasteiger partial charge < -0.3 is 27.7 Å². The van der Waals surface area contributed by atoms with Crippen LogP contribution < -0.4 is 11.2 Å². The van der Waals surface area contributed by atoms with Crippen LogP contribution in [-0.4, -0.2) is 68.7 Å². The smallest absolute Gasteiger partial charge is 0.367 e. The third-order valence-corrected chi connectivity index (χ3v) is 19.8. The second-order valence-electron chi connectivity index (χ2n) is 13.0. The number of aliphatic hydroxyl groups is 1. The molecule has 11 nitrogen and oxygen atoms in total. The van der Waals surface area contributed by atoms with Gasteiger partial charge in [0.1, 0.15) is 12.2 Å². The lowest BCUT2D eigenvalue weighted by molar-refractivity contribution is -0.0615. The molecule has 0 aromatic carbocycles. The molecule has 1 fully saturated rings. The van der Waals surface area contributed by atoms with Crippen molar-refractivity contribution in [2.75, 3.05) is 19.8 Å². The number of nitrogens with zero attached hydrogens (tertiary/aromatic N) is 1. The zero-order valence-electron chi connectivity index (χ0n) is 25.6. The van der Waals surface area contributed by atoms with Gasteiger partial charge in [-0.15, -0.1) is 0 Å². The fourth-order valence-electron chi connectivity index (χ4n) is 3.79. The Kier molecular flexibility index (Phi) is 10.4. The highest BCUT2D eigenvalue weighted by Gasteiger charge is 2.70. The number of nitrogens with one attached hydrogen (secondary N) is 1. The van der Waals surface area contributed by atoms with Crippen molar-refractivity contribution in [1.82, 2.24) is 9.55 Å². The Balaban J connectivity index is 2.82. The van der Waals surface area contributed by atoms with Crippen molar-refractivity contribution >= 4 is 24.2 Å². The van der Waals surface area contributed by atoms with E-state index < -0.39 is 59.3 Å². The van der Waals surface area contributed by atoms with Gasteiger partial charge >= 0.3 is 13.3 Å². The molecule has 0 bridgehead atoms. The molecule has 14 heteroatoms. The molecule has 0 unspecified atom stereocenters. The van der Waals surface area contributed by atoms with Crippen molar-refractivity contribution < 1.29 is 32.3 Å². The Morgan fingerprint density at radius 3 is 1.97 bits per heavy atom. The number of ether oxygens (including phenoxy) is 1. The van der Waals surface area contributed by atoms with E-state index in [1.165, 1.54) is 12.3 Å². The lowest BCUT2D eigenvalue weighted by Gasteiger charge is -2.45. The van der Waals surface area contributed by atoms with Gasteiger partial charge in [-0.3, -0.25) is 18.9 Å². The quantitative estimate of drug-likeness (QED) is 0.268. The molecule has 0 saturated carbocycles. The summed E-state index contributed by atoms with van der Waals surface area (Å²) in [7, 11) is -9.42. The lowest BCUT2D eigenvalue weighted by Crippen LogP contribution is -2.57. The SMILES string of the molecule is CCOP(=O)(OCC)[C@]1(O)[C@@H](CO[Si](C)(C)C(C)(C)C)O[C@@H](n2ccc(=O)[nH]c2=O)[C@@H]1O[Si](C)(C)C(C)(C)C. The van der Waals surface area contributed by atoms with Crippen LogP contribution in [-0.2, 0) is 27.2 Å². The van der Waals surface area contributed by atoms with Gasteiger partial charge in [0, 0.05) is 12.3 Å². The molecule has 1 aliphatic heterocycles. The third-order valence-electron chi connectivity index (χ3n) is 8.25. The molecule has 1 saturated heterocycles. The fourth-order valence-corrected chi connectivity index (χ4v) is 8.32. The van der Waals surface area contributed by atoms with Gasteiger partial charge in [0.2, 0.25) is 5.34 Å². The average Bonchev–Trinajstić information content (AvgIpc) is 3.04. The maximum absolute atomic E-state index is 14.5. The van der Waals surface area contributed by atoms with Crippen LogP contribution in [0, 0.1) is 0 Å². The molecule has 0 radical (unpaired) electrons. The topological polar surface area (TPSA) is 138 Å². The van der Waals surface area contributed by atoms with Crippen LogP contribution in [0.5, 0.6) is 0 Å². The van der Waals surface area contributed by atoms with Crippen molar-refractivity contribution in [1.29, 1.82) is 0 Å². The monoisotopic (exact) mass is 608 g/mol. The van der Waals surface area contributed by atoms with Gasteiger partial charge in [-0.25, -0.2) is 4.79 Å². The number of hydrogen-bond acceptors (Lipinski definition) is 9. The molecule has 39 heavy (non-hydrogen) atoms. The zero-order valence-corrected chi connectivity index (χ0v) is 28.5. The van der Waals surface area contributed by atoms with Crippen LogP contribution in [0.3, 0.4) is 0 Å². The molecule has 0 spiro atoms. The largest absolute Gasteiger partial charge is 0.414 e. The third kappa shape index (κ3) is 6.78. The summed E-state index contributed by atoms with van der Waals surface area (Å²) in [6.07, 6.45) is -2.57. The van der Waals surface area contributed by atoms with Crippen molar-refractivity contribution in [3.63, 3.8) is 0 Å². The van der Waals surface area contributed by atoms with E-state index in [0.717, 1.165) is 4.57 Å². The van der Waals surface area contributed by atoms with E-state index in [1.807, 2.05) is 33.9 Å². The Morgan fingerprint density at radius 2 is 1.54 bits per heavy atom. The summed E-state index contributed by atoms with van der Waals surface area (Å²) < 4.78 is 46.6. The first kappa shape index (κ1) is 34.3. The second kappa shape index (κ2) is 11.8. The van der Waals surface area contributed by atoms with E-state index in [9.17, 15) is 19.3 Å². The highest BCUT2D eigenvalue weighted by Crippen LogP contribution is 2.67. The van der Waals surface area contributed by atoms with E-state index in [2.05, 4.69) is 38.8 Å². The van der Waals surface area contributed by atoms with Gasteiger partial charge in [0.15, 0.2) is 22.9 Å². The van der Waals surface area contributed by atoms with Crippen LogP contribution in [0.25, 0.3) is 0 Å². The molecule has 0 amide bonds. The summed E-state index contributed by atoms with van der Waals surface area (Å²) in [5.74, 6) is 0. The maximum atomic E-state index is 14.5. The van der Waals surface area contributed by atoms with Crippen LogP contribution in [0.4, 0.5) is 0 Å². The Hall–Kier alpha value is -0.896. The van der Waals surface area contributed by atoms with Gasteiger partial charge in [-0.2, -0.15) is 0 Å². The first-order valence-corrected chi connectivity index (χ1v) is 20.8. The fraction of sp³-hybridized carbons (Fsp3) is 0.840. The number of aromatic amines is 1. The predicted molar refractivity (Wildman–Crippen MR) is 156 cm³/mol. The summed E-state index contributed by atoms with van der Waals surface area (Å²) in [6.45, 7) is 23.5. The Morgan fingerprint density at radius 1 is 1.03 bits per heavy atom. The van der Waals surface area contributed by atoms with Gasteiger partial charge in [-0.1, -0.05) is 41.5 Å². The Labute approximate surface area is 234 Å². The van der Waals surface area contributed by atoms with Crippen molar-refractivity contribution in [3.8, 4) is 0 Å². The van der Waals surface area contributed by atoms with Gasteiger partial charge in [-0.05, 0) is 50.1 Å². The standard InChI is InChI=1S/C25H49N2O9PSi2/c1-13-32-37(31,33-14-2)25(30)18(17-34-38(9,10)23(3,4)5)35-21(27-16-15-19(28)26-22(27)29)20(25)36-39(11,12)24(6,7)8/h15-16,18,20-21,30H,13-14,17H2,1-12H3,(H,26,28,29)/t18-,20+,21-,25-/m1/s1. The highest BCUT2D eigenvalue weighted by molar-refractivity contribution is 7.55. The minimum atomic E-state index is -4.36. The summed E-state index contributed by atoms with van der Waals surface area (Å²) in [5.41, 5.74) is -1.34. The molecule has 2 N–H and O–H groups in total. The van der Waals surface area contributed by atoms with E-state index in [0.29, 0.717) is 0 Å². The molecule has 2 rings (SSSR count). The molecule has 1 aliphatic rings. The molecule has 1 aromatic rings. The van der Waals surface area contributed by atoms with E-state index in [-0.39, 0.29) is 29.9 Å². The number of aromatic nitrogens is 2. The van der Waals surface area contributed by atoms with E-state index in [1.54, 1.807) is 13.8 Å². The first-order valence-electron chi connectivity index (χ1n) is 13.5. The van der Waals surface area contributed by atoms with Crippen LogP contribution in [0.1, 0.15) is 61.6 Å². The van der Waals surface area contributed by atoms with Crippen LogP contribution >= 0.6 is 7.60 Å². The number of rotatable bonds is 11. The van der Waals surface area contributed by atoms with E-state index in [4.69, 9.17) is 22.6 Å². The molecule has 1 aromatic heterocycles. The van der Waals surface area contributed by atoms with Gasteiger partial charge in [0.05, 0.1) is 19.8 Å². The van der Waals surface area contributed by atoms with Crippen molar-refractivity contribution in [2.45, 2.75) is 115 Å². The molecular formula is C25H49N2O9PSi2. The summed E-state index contributed by atoms with van der Waals surface area (Å²) in [6, 6.07) is 1.18. The molecule has 4 atom stereocenters. The second-order valence-corrected chi connectivity index (χ2v) is 24.8. The summed E-state index contributed by atoms with van der Waals surface area (Å²) >= 11 is 0. The van der Waals surface area contributed by atoms with E-state index >= 15 is 0 Å². The van der Waals surface area contributed by atoms with Crippen LogP contribution in [0.2, 0.25) is 36.3 Å². The normalized spacial score (nSPS) is 25.3. The molecular weight excluding hydrogens is 559 g/mol. The van der Waals surface area contributed by atoms with Crippen molar-refractivity contribution in [2.24, 2.45) is 0 Å². The summed E-state index contributed by atoms with van der Waals surface area (Å²) in [4.78, 5) is 27.0. The number of hydrogen-bond donors (Lipinski definition) is 2. The maximum Gasteiger partial charge on any atom is 0.367 e. The minimum Gasteiger partial charge on any atom is -0.414 e.